The maximum Gasteiger partial charge on any atom is 0.169 e. The number of methoxy groups -OCH3 is 1. The van der Waals surface area contributed by atoms with Crippen molar-refractivity contribution in [2.75, 3.05) is 20.3 Å². The number of hydrogen-bond acceptors (Lipinski definition) is 5. The first-order chi connectivity index (χ1) is 10.1. The van der Waals surface area contributed by atoms with Gasteiger partial charge in [0.2, 0.25) is 0 Å². The minimum atomic E-state index is -1.20. The van der Waals surface area contributed by atoms with Gasteiger partial charge >= 0.3 is 0 Å². The van der Waals surface area contributed by atoms with Gasteiger partial charge in [0.25, 0.3) is 0 Å². The number of nitrogens with two attached hydrogens (primary N) is 1. The zero-order valence-corrected chi connectivity index (χ0v) is 12.9. The summed E-state index contributed by atoms with van der Waals surface area (Å²) in [5, 5.41) is -0.163. The minimum Gasteiger partial charge on any atom is -0.497 e. The van der Waals surface area contributed by atoms with Crippen molar-refractivity contribution >= 4 is 10.8 Å². The van der Waals surface area contributed by atoms with Crippen molar-refractivity contribution in [1.82, 2.24) is 0 Å². The van der Waals surface area contributed by atoms with Crippen LogP contribution >= 0.6 is 0 Å². The first-order valence-corrected chi connectivity index (χ1v) is 8.43. The van der Waals surface area contributed by atoms with Gasteiger partial charge in [-0.2, -0.15) is 0 Å². The van der Waals surface area contributed by atoms with Gasteiger partial charge in [0.1, 0.15) is 5.75 Å². The highest BCUT2D eigenvalue weighted by atomic mass is 32.2. The molecule has 0 aromatic heterocycles. The van der Waals surface area contributed by atoms with Gasteiger partial charge in [-0.3, -0.25) is 4.21 Å². The molecule has 2 N–H and O–H groups in total. The average Bonchev–Trinajstić information content (AvgIpc) is 2.97. The Morgan fingerprint density at radius 2 is 2.14 bits per heavy atom. The van der Waals surface area contributed by atoms with Crippen LogP contribution in [-0.4, -0.2) is 41.6 Å². The SMILES string of the molecule is COc1cccc(S(=O)C2CC3(CCC2N)OCCO3)c1. The molecule has 5 nitrogen and oxygen atoms in total. The monoisotopic (exact) mass is 311 g/mol. The number of benzene rings is 1. The van der Waals surface area contributed by atoms with Crippen molar-refractivity contribution in [3.05, 3.63) is 24.3 Å². The Morgan fingerprint density at radius 3 is 2.86 bits per heavy atom. The standard InChI is InChI=1S/C15H21NO4S/c1-18-11-3-2-4-12(9-11)21(17)14-10-15(6-5-13(14)16)19-7-8-20-15/h2-4,9,13-14H,5-8,10,16H2,1H3. The molecule has 0 bridgehead atoms. The van der Waals surface area contributed by atoms with Gasteiger partial charge in [0.05, 0.1) is 36.4 Å². The highest BCUT2D eigenvalue weighted by Crippen LogP contribution is 2.38. The second-order valence-electron chi connectivity index (χ2n) is 5.53. The van der Waals surface area contributed by atoms with Crippen molar-refractivity contribution < 1.29 is 18.4 Å². The molecular weight excluding hydrogens is 290 g/mol. The van der Waals surface area contributed by atoms with Crippen LogP contribution in [0.15, 0.2) is 29.2 Å². The Hall–Kier alpha value is -0.950. The molecule has 2 fully saturated rings. The lowest BCUT2D eigenvalue weighted by molar-refractivity contribution is -0.177. The van der Waals surface area contributed by atoms with E-state index in [0.717, 1.165) is 17.7 Å². The van der Waals surface area contributed by atoms with Crippen molar-refractivity contribution in [1.29, 1.82) is 0 Å². The third-order valence-corrected chi connectivity index (χ3v) is 6.00. The third kappa shape index (κ3) is 2.99. The summed E-state index contributed by atoms with van der Waals surface area (Å²) in [7, 11) is 0.402. The number of ether oxygens (including phenoxy) is 3. The van der Waals surface area contributed by atoms with Crippen molar-refractivity contribution in [3.8, 4) is 5.75 Å². The second-order valence-corrected chi connectivity index (χ2v) is 7.20. The van der Waals surface area contributed by atoms with E-state index >= 15 is 0 Å². The van der Waals surface area contributed by atoms with Crippen LogP contribution in [0.2, 0.25) is 0 Å². The Balaban J connectivity index is 1.81. The normalized spacial score (nSPS) is 29.4. The zero-order valence-electron chi connectivity index (χ0n) is 12.1. The van der Waals surface area contributed by atoms with Crippen LogP contribution in [0.5, 0.6) is 5.75 Å². The van der Waals surface area contributed by atoms with Gasteiger partial charge in [-0.05, 0) is 24.6 Å². The predicted molar refractivity (Wildman–Crippen MR) is 79.7 cm³/mol. The maximum absolute atomic E-state index is 12.9. The maximum atomic E-state index is 12.9. The smallest absolute Gasteiger partial charge is 0.169 e. The summed E-state index contributed by atoms with van der Waals surface area (Å²) in [6.07, 6.45) is 2.12. The fourth-order valence-electron chi connectivity index (χ4n) is 3.03. The second kappa shape index (κ2) is 6.04. The summed E-state index contributed by atoms with van der Waals surface area (Å²) in [5.74, 6) is 0.128. The van der Waals surface area contributed by atoms with Gasteiger partial charge in [-0.25, -0.2) is 0 Å². The first kappa shape index (κ1) is 15.0. The average molecular weight is 311 g/mol. The van der Waals surface area contributed by atoms with Gasteiger partial charge in [0.15, 0.2) is 5.79 Å². The predicted octanol–water partition coefficient (Wildman–Crippen LogP) is 1.43. The molecule has 1 saturated carbocycles. The summed E-state index contributed by atoms with van der Waals surface area (Å²) in [4.78, 5) is 0.741. The van der Waals surface area contributed by atoms with Gasteiger partial charge < -0.3 is 19.9 Å². The minimum absolute atomic E-state index is 0.101. The highest BCUT2D eigenvalue weighted by Gasteiger charge is 2.46. The van der Waals surface area contributed by atoms with Crippen LogP contribution in [0, 0.1) is 0 Å². The molecule has 1 aromatic carbocycles. The summed E-state index contributed by atoms with van der Waals surface area (Å²) in [5.41, 5.74) is 6.20. The van der Waals surface area contributed by atoms with E-state index < -0.39 is 16.6 Å². The molecule has 1 saturated heterocycles. The molecule has 6 heteroatoms. The Morgan fingerprint density at radius 1 is 1.38 bits per heavy atom. The van der Waals surface area contributed by atoms with Gasteiger partial charge in [0, 0.05) is 23.8 Å². The van der Waals surface area contributed by atoms with Crippen LogP contribution in [0.25, 0.3) is 0 Å². The van der Waals surface area contributed by atoms with E-state index in [1.165, 1.54) is 0 Å². The Kier molecular flexibility index (Phi) is 4.31. The van der Waals surface area contributed by atoms with E-state index in [1.807, 2.05) is 18.2 Å². The molecule has 1 aliphatic heterocycles. The van der Waals surface area contributed by atoms with E-state index in [-0.39, 0.29) is 11.3 Å². The van der Waals surface area contributed by atoms with Crippen LogP contribution in [-0.2, 0) is 20.3 Å². The lowest BCUT2D eigenvalue weighted by Gasteiger charge is -2.39. The lowest BCUT2D eigenvalue weighted by Crippen LogP contribution is -2.50. The highest BCUT2D eigenvalue weighted by molar-refractivity contribution is 7.85. The van der Waals surface area contributed by atoms with E-state index in [4.69, 9.17) is 19.9 Å². The first-order valence-electron chi connectivity index (χ1n) is 7.22. The van der Waals surface area contributed by atoms with Crippen LogP contribution < -0.4 is 10.5 Å². The molecule has 1 spiro atoms. The molecule has 3 rings (SSSR count). The van der Waals surface area contributed by atoms with Gasteiger partial charge in [-0.15, -0.1) is 0 Å². The molecule has 1 heterocycles. The molecule has 0 radical (unpaired) electrons. The van der Waals surface area contributed by atoms with E-state index in [0.29, 0.717) is 25.4 Å². The summed E-state index contributed by atoms with van der Waals surface area (Å²) in [6.45, 7) is 1.21. The van der Waals surface area contributed by atoms with Gasteiger partial charge in [-0.1, -0.05) is 6.07 Å². The number of hydrogen-bond donors (Lipinski definition) is 1. The van der Waals surface area contributed by atoms with Crippen LogP contribution in [0.4, 0.5) is 0 Å². The summed E-state index contributed by atoms with van der Waals surface area (Å²) in [6, 6.07) is 7.24. The zero-order chi connectivity index (χ0) is 14.9. The Bertz CT molecular complexity index is 530. The fraction of sp³-hybridized carbons (Fsp3) is 0.600. The molecular formula is C15H21NO4S. The quantitative estimate of drug-likeness (QED) is 0.914. The molecule has 3 unspecified atom stereocenters. The van der Waals surface area contributed by atoms with Crippen LogP contribution in [0.3, 0.4) is 0 Å². The molecule has 3 atom stereocenters. The molecule has 0 amide bonds. The van der Waals surface area contributed by atoms with E-state index in [1.54, 1.807) is 13.2 Å². The largest absolute Gasteiger partial charge is 0.497 e. The molecule has 116 valence electrons. The number of rotatable bonds is 3. The molecule has 2 aliphatic rings. The fourth-order valence-corrected chi connectivity index (χ4v) is 4.68. The molecule has 1 aliphatic carbocycles. The summed E-state index contributed by atoms with van der Waals surface area (Å²) >= 11 is 0. The Labute approximate surface area is 127 Å². The van der Waals surface area contributed by atoms with Crippen LogP contribution in [0.1, 0.15) is 19.3 Å². The topological polar surface area (TPSA) is 70.8 Å². The third-order valence-electron chi connectivity index (χ3n) is 4.21. The summed E-state index contributed by atoms with van der Waals surface area (Å²) < 4.78 is 29.6. The molecule has 21 heavy (non-hydrogen) atoms. The van der Waals surface area contributed by atoms with Crippen molar-refractivity contribution in [2.24, 2.45) is 5.73 Å². The molecule has 1 aromatic rings. The van der Waals surface area contributed by atoms with E-state index in [2.05, 4.69) is 0 Å². The van der Waals surface area contributed by atoms with Crippen molar-refractivity contribution in [3.63, 3.8) is 0 Å². The lowest BCUT2D eigenvalue weighted by atomic mass is 9.90. The van der Waals surface area contributed by atoms with Crippen molar-refractivity contribution in [2.45, 2.75) is 41.2 Å². The van der Waals surface area contributed by atoms with E-state index in [9.17, 15) is 4.21 Å².